The minimum atomic E-state index is 0. The molecule has 0 N–H and O–H groups in total. The molecule has 0 spiro atoms. The third kappa shape index (κ3) is 5.36. The minimum Gasteiger partial charge on any atom is -1.00 e. The molecule has 4 heteroatoms. The monoisotopic (exact) mass is 511 g/mol. The van der Waals surface area contributed by atoms with E-state index in [0.717, 1.165) is 0 Å². The molecule has 30 heavy (non-hydrogen) atoms. The molecule has 0 unspecified atom stereocenters. The Hall–Kier alpha value is -1.60. The SMILES string of the molecule is Cc1c[c-](C)c(C)c1C.[Cl-].[Cl-].[Zr+4].c1ccc2cn(-c3cc4ccccc4[cH-]3)cc2c1. The smallest absolute Gasteiger partial charge is 1.00 e. The molecule has 1 heterocycles. The summed E-state index contributed by atoms with van der Waals surface area (Å²) in [7, 11) is 0. The molecular weight excluding hydrogens is 488 g/mol. The van der Waals surface area contributed by atoms with Gasteiger partial charge >= 0.3 is 26.2 Å². The first-order valence-electron chi connectivity index (χ1n) is 9.45. The first-order valence-corrected chi connectivity index (χ1v) is 9.45. The molecular formula is C26H25Cl2NZr. The van der Waals surface area contributed by atoms with Crippen LogP contribution in [0.15, 0.2) is 79.1 Å². The summed E-state index contributed by atoms with van der Waals surface area (Å²) in [5, 5.41) is 5.15. The molecule has 0 radical (unpaired) electrons. The van der Waals surface area contributed by atoms with Crippen LogP contribution in [0.25, 0.3) is 27.2 Å². The van der Waals surface area contributed by atoms with Crippen LogP contribution in [-0.4, -0.2) is 4.57 Å². The van der Waals surface area contributed by atoms with Crippen molar-refractivity contribution in [2.45, 2.75) is 27.7 Å². The summed E-state index contributed by atoms with van der Waals surface area (Å²) in [6.07, 6.45) is 4.37. The molecule has 4 aromatic carbocycles. The largest absolute Gasteiger partial charge is 4.00 e. The van der Waals surface area contributed by atoms with Crippen molar-refractivity contribution in [3.05, 3.63) is 101 Å². The third-order valence-corrected chi connectivity index (χ3v) is 5.63. The van der Waals surface area contributed by atoms with Gasteiger partial charge in [-0.2, -0.15) is 28.3 Å². The van der Waals surface area contributed by atoms with E-state index in [-0.39, 0.29) is 51.0 Å². The van der Waals surface area contributed by atoms with Crippen molar-refractivity contribution in [1.82, 2.24) is 4.57 Å². The maximum atomic E-state index is 2.24. The first kappa shape index (κ1) is 26.4. The van der Waals surface area contributed by atoms with E-state index in [1.165, 1.54) is 49.5 Å². The Bertz CT molecular complexity index is 1070. The number of aromatic nitrogens is 1. The number of halogens is 2. The van der Waals surface area contributed by atoms with Gasteiger partial charge in [0.25, 0.3) is 0 Å². The number of hydrogen-bond donors (Lipinski definition) is 0. The summed E-state index contributed by atoms with van der Waals surface area (Å²) in [6.45, 7) is 8.68. The summed E-state index contributed by atoms with van der Waals surface area (Å²) in [5.74, 6) is 0. The second-order valence-electron chi connectivity index (χ2n) is 7.40. The van der Waals surface area contributed by atoms with Gasteiger partial charge in [-0.25, -0.2) is 0 Å². The zero-order chi connectivity index (χ0) is 19.0. The Morgan fingerprint density at radius 3 is 1.77 bits per heavy atom. The average Bonchev–Trinajstić information content (AvgIpc) is 3.35. The number of nitrogens with zero attached hydrogens (tertiary/aromatic N) is 1. The zero-order valence-corrected chi connectivity index (χ0v) is 21.7. The topological polar surface area (TPSA) is 4.93 Å². The third-order valence-electron chi connectivity index (χ3n) is 5.63. The van der Waals surface area contributed by atoms with E-state index in [1.807, 2.05) is 0 Å². The normalized spacial score (nSPS) is 9.87. The van der Waals surface area contributed by atoms with Crippen molar-refractivity contribution in [3.63, 3.8) is 0 Å². The van der Waals surface area contributed by atoms with Gasteiger partial charge in [0.05, 0.1) is 0 Å². The fourth-order valence-electron chi connectivity index (χ4n) is 3.65. The maximum absolute atomic E-state index is 2.24. The van der Waals surface area contributed by atoms with Crippen molar-refractivity contribution < 1.29 is 51.0 Å². The standard InChI is InChI=1S/C17H12N.C9H13.2ClH.Zr/c1-2-6-14-10-17(9-13(14)5-1)18-11-15-7-3-4-8-16(15)12-18;1-6-5-7(2)9(4)8(6)3;;;/h1-12H;5H,1-4H3;2*1H;/q2*-1;;;+4/p-2. The second kappa shape index (κ2) is 11.1. The van der Waals surface area contributed by atoms with Gasteiger partial charge in [-0.3, -0.25) is 0 Å². The molecule has 0 saturated heterocycles. The predicted octanol–water partition coefficient (Wildman–Crippen LogP) is 1.15. The van der Waals surface area contributed by atoms with Crippen LogP contribution >= 0.6 is 0 Å². The van der Waals surface area contributed by atoms with Crippen LogP contribution in [0.2, 0.25) is 0 Å². The molecule has 0 fully saturated rings. The van der Waals surface area contributed by atoms with E-state index in [9.17, 15) is 0 Å². The number of benzene rings is 2. The van der Waals surface area contributed by atoms with Crippen LogP contribution in [0, 0.1) is 27.7 Å². The van der Waals surface area contributed by atoms with Gasteiger partial charge in [0.2, 0.25) is 0 Å². The van der Waals surface area contributed by atoms with Gasteiger partial charge in [-0.15, -0.1) is 41.1 Å². The van der Waals surface area contributed by atoms with Gasteiger partial charge < -0.3 is 29.4 Å². The summed E-state index contributed by atoms with van der Waals surface area (Å²) in [4.78, 5) is 0. The summed E-state index contributed by atoms with van der Waals surface area (Å²) >= 11 is 0. The van der Waals surface area contributed by atoms with Crippen LogP contribution in [0.1, 0.15) is 22.3 Å². The average molecular weight is 514 g/mol. The molecule has 0 amide bonds. The van der Waals surface area contributed by atoms with E-state index >= 15 is 0 Å². The van der Waals surface area contributed by atoms with Gasteiger partial charge in [0, 0.05) is 12.4 Å². The molecule has 152 valence electrons. The summed E-state index contributed by atoms with van der Waals surface area (Å²) in [6, 6.07) is 23.6. The van der Waals surface area contributed by atoms with E-state index in [4.69, 9.17) is 0 Å². The predicted molar refractivity (Wildman–Crippen MR) is 117 cm³/mol. The van der Waals surface area contributed by atoms with E-state index in [1.54, 1.807) is 0 Å². The van der Waals surface area contributed by atoms with Crippen molar-refractivity contribution in [1.29, 1.82) is 0 Å². The number of fused-ring (bicyclic) bond motifs is 2. The molecule has 0 aliphatic rings. The van der Waals surface area contributed by atoms with Crippen molar-refractivity contribution >= 4 is 21.5 Å². The Labute approximate surface area is 210 Å². The van der Waals surface area contributed by atoms with Gasteiger partial charge in [-0.1, -0.05) is 58.0 Å². The molecule has 5 aromatic rings. The zero-order valence-electron chi connectivity index (χ0n) is 17.7. The number of hydrogen-bond acceptors (Lipinski definition) is 0. The van der Waals surface area contributed by atoms with Crippen LogP contribution in [0.5, 0.6) is 0 Å². The molecule has 0 aliphatic carbocycles. The molecule has 5 rings (SSSR count). The number of rotatable bonds is 1. The molecule has 0 saturated carbocycles. The Kier molecular flexibility index (Phi) is 9.82. The second-order valence-corrected chi connectivity index (χ2v) is 7.40. The van der Waals surface area contributed by atoms with Crippen molar-refractivity contribution in [2.24, 2.45) is 0 Å². The summed E-state index contributed by atoms with van der Waals surface area (Å²) in [5.41, 5.74) is 6.97. The first-order chi connectivity index (χ1) is 13.0. The van der Waals surface area contributed by atoms with E-state index < -0.39 is 0 Å². The molecule has 0 atom stereocenters. The fraction of sp³-hybridized carbons (Fsp3) is 0.154. The summed E-state index contributed by atoms with van der Waals surface area (Å²) < 4.78 is 2.20. The van der Waals surface area contributed by atoms with Gasteiger partial charge in [-0.05, 0) is 16.5 Å². The minimum absolute atomic E-state index is 0. The van der Waals surface area contributed by atoms with Crippen LogP contribution in [0.4, 0.5) is 0 Å². The molecule has 0 bridgehead atoms. The quantitative estimate of drug-likeness (QED) is 0.297. The van der Waals surface area contributed by atoms with Gasteiger partial charge in [0.1, 0.15) is 0 Å². The maximum Gasteiger partial charge on any atom is 4.00 e. The number of aryl methyl sites for hydroxylation is 2. The van der Waals surface area contributed by atoms with Crippen molar-refractivity contribution in [3.8, 4) is 5.69 Å². The van der Waals surface area contributed by atoms with E-state index in [2.05, 4.69) is 111 Å². The molecule has 1 aromatic heterocycles. The van der Waals surface area contributed by atoms with Crippen LogP contribution in [0.3, 0.4) is 0 Å². The van der Waals surface area contributed by atoms with Crippen LogP contribution < -0.4 is 24.8 Å². The Balaban J connectivity index is 0.000000327. The Morgan fingerprint density at radius 1 is 0.800 bits per heavy atom. The van der Waals surface area contributed by atoms with Crippen molar-refractivity contribution in [2.75, 3.05) is 0 Å². The molecule has 0 aliphatic heterocycles. The van der Waals surface area contributed by atoms with E-state index in [0.29, 0.717) is 0 Å². The Morgan fingerprint density at radius 2 is 1.33 bits per heavy atom. The molecule has 1 nitrogen and oxygen atoms in total. The van der Waals surface area contributed by atoms with Gasteiger partial charge in [0.15, 0.2) is 0 Å². The fourth-order valence-corrected chi connectivity index (χ4v) is 3.65. The van der Waals surface area contributed by atoms with Crippen LogP contribution in [-0.2, 0) is 26.2 Å².